The predicted octanol–water partition coefficient (Wildman–Crippen LogP) is 3.80. The molecule has 2 aliphatic heterocycles. The van der Waals surface area contributed by atoms with Crippen LogP contribution >= 0.6 is 0 Å². The van der Waals surface area contributed by atoms with Gasteiger partial charge in [-0.3, -0.25) is 0 Å². The summed E-state index contributed by atoms with van der Waals surface area (Å²) in [5, 5.41) is 3.59. The minimum absolute atomic E-state index is 0.0803. The first-order valence-electron chi connectivity index (χ1n) is 8.34. The van der Waals surface area contributed by atoms with Crippen LogP contribution in [0.2, 0.25) is 0 Å². The quantitative estimate of drug-likeness (QED) is 0.935. The molecule has 0 saturated carbocycles. The summed E-state index contributed by atoms with van der Waals surface area (Å²) in [5.41, 5.74) is 3.84. The van der Waals surface area contributed by atoms with Gasteiger partial charge in [-0.25, -0.2) is 0 Å². The topological polar surface area (TPSA) is 30.5 Å². The average molecular weight is 309 g/mol. The lowest BCUT2D eigenvalue weighted by atomic mass is 9.80. The van der Waals surface area contributed by atoms with Gasteiger partial charge < -0.3 is 14.8 Å². The number of benzene rings is 2. The third kappa shape index (κ3) is 2.70. The summed E-state index contributed by atoms with van der Waals surface area (Å²) in [7, 11) is 0. The first-order chi connectivity index (χ1) is 11.1. The Bertz CT molecular complexity index is 727. The standard InChI is InChI=1S/C20H23NO2/c1-14-4-3-5-15(10-14)12-22-16-6-7-17-18-8-9-21-20(18,2)13-23-19(17)11-16/h3-7,10-11,18,21H,8-9,12-13H2,1-2H3/t18-,20+/m0/s1. The van der Waals surface area contributed by atoms with Gasteiger partial charge in [0.05, 0.1) is 5.54 Å². The smallest absolute Gasteiger partial charge is 0.126 e. The molecule has 2 aromatic rings. The highest BCUT2D eigenvalue weighted by Gasteiger charge is 2.44. The van der Waals surface area contributed by atoms with Crippen LogP contribution in [0.1, 0.15) is 36.0 Å². The van der Waals surface area contributed by atoms with Gasteiger partial charge >= 0.3 is 0 Å². The van der Waals surface area contributed by atoms with Gasteiger partial charge in [-0.05, 0) is 44.0 Å². The molecule has 2 aliphatic rings. The number of aryl methyl sites for hydroxylation is 1. The Morgan fingerprint density at radius 2 is 2.17 bits per heavy atom. The van der Waals surface area contributed by atoms with E-state index in [1.807, 2.05) is 6.07 Å². The van der Waals surface area contributed by atoms with Crippen LogP contribution in [0.5, 0.6) is 11.5 Å². The van der Waals surface area contributed by atoms with Crippen molar-refractivity contribution in [2.75, 3.05) is 13.2 Å². The molecule has 0 aromatic heterocycles. The second kappa shape index (κ2) is 5.57. The highest BCUT2D eigenvalue weighted by atomic mass is 16.5. The number of nitrogens with one attached hydrogen (secondary N) is 1. The van der Waals surface area contributed by atoms with Crippen molar-refractivity contribution < 1.29 is 9.47 Å². The summed E-state index contributed by atoms with van der Waals surface area (Å²) in [6, 6.07) is 14.7. The van der Waals surface area contributed by atoms with Gasteiger partial charge in [0.1, 0.15) is 24.7 Å². The highest BCUT2D eigenvalue weighted by Crippen LogP contribution is 2.45. The molecule has 2 atom stereocenters. The van der Waals surface area contributed by atoms with E-state index in [0.29, 0.717) is 12.5 Å². The van der Waals surface area contributed by atoms with E-state index in [-0.39, 0.29) is 5.54 Å². The number of fused-ring (bicyclic) bond motifs is 3. The van der Waals surface area contributed by atoms with E-state index in [4.69, 9.17) is 9.47 Å². The van der Waals surface area contributed by atoms with Gasteiger partial charge in [0.25, 0.3) is 0 Å². The average Bonchev–Trinajstić information content (AvgIpc) is 2.95. The van der Waals surface area contributed by atoms with E-state index in [1.165, 1.54) is 23.1 Å². The van der Waals surface area contributed by atoms with Crippen molar-refractivity contribution in [3.63, 3.8) is 0 Å². The van der Waals surface area contributed by atoms with Crippen molar-refractivity contribution in [2.45, 2.75) is 38.3 Å². The summed E-state index contributed by atoms with van der Waals surface area (Å²) >= 11 is 0. The molecular formula is C20H23NO2. The van der Waals surface area contributed by atoms with Gasteiger partial charge in [0.2, 0.25) is 0 Å². The minimum atomic E-state index is 0.0803. The lowest BCUT2D eigenvalue weighted by Crippen LogP contribution is -2.48. The zero-order valence-electron chi connectivity index (χ0n) is 13.8. The second-order valence-corrected chi connectivity index (χ2v) is 6.95. The molecule has 4 rings (SSSR count). The molecule has 0 spiro atoms. The maximum atomic E-state index is 6.01. The van der Waals surface area contributed by atoms with Crippen molar-refractivity contribution in [2.24, 2.45) is 0 Å². The van der Waals surface area contributed by atoms with E-state index >= 15 is 0 Å². The second-order valence-electron chi connectivity index (χ2n) is 6.95. The van der Waals surface area contributed by atoms with E-state index < -0.39 is 0 Å². The molecular weight excluding hydrogens is 286 g/mol. The van der Waals surface area contributed by atoms with Crippen molar-refractivity contribution in [1.82, 2.24) is 5.32 Å². The fraction of sp³-hybridized carbons (Fsp3) is 0.400. The maximum Gasteiger partial charge on any atom is 0.126 e. The van der Waals surface area contributed by atoms with Crippen LogP contribution in [0.15, 0.2) is 42.5 Å². The molecule has 0 radical (unpaired) electrons. The van der Waals surface area contributed by atoms with Crippen LogP contribution in [0.25, 0.3) is 0 Å². The highest BCUT2D eigenvalue weighted by molar-refractivity contribution is 5.46. The molecule has 0 bridgehead atoms. The Hall–Kier alpha value is -2.00. The SMILES string of the molecule is Cc1cccc(COc2ccc3c(c2)OC[C@@]2(C)NCC[C@@H]32)c1. The third-order valence-corrected chi connectivity index (χ3v) is 5.11. The van der Waals surface area contributed by atoms with Crippen LogP contribution in [0, 0.1) is 6.92 Å². The number of hydrogen-bond donors (Lipinski definition) is 1. The van der Waals surface area contributed by atoms with Crippen molar-refractivity contribution in [3.05, 3.63) is 59.2 Å². The van der Waals surface area contributed by atoms with Crippen LogP contribution in [-0.4, -0.2) is 18.7 Å². The van der Waals surface area contributed by atoms with Crippen LogP contribution in [-0.2, 0) is 6.61 Å². The Kier molecular flexibility index (Phi) is 3.53. The Morgan fingerprint density at radius 1 is 1.26 bits per heavy atom. The first kappa shape index (κ1) is 14.6. The molecule has 1 N–H and O–H groups in total. The number of rotatable bonds is 3. The van der Waals surface area contributed by atoms with Gasteiger partial charge in [-0.15, -0.1) is 0 Å². The first-order valence-corrected chi connectivity index (χ1v) is 8.34. The fourth-order valence-corrected chi connectivity index (χ4v) is 3.81. The van der Waals surface area contributed by atoms with E-state index in [9.17, 15) is 0 Å². The molecule has 120 valence electrons. The molecule has 23 heavy (non-hydrogen) atoms. The Balaban J connectivity index is 1.52. The summed E-state index contributed by atoms with van der Waals surface area (Å²) in [5.74, 6) is 2.40. The molecule has 0 amide bonds. The summed E-state index contributed by atoms with van der Waals surface area (Å²) < 4.78 is 12.0. The molecule has 3 heteroatoms. The molecule has 3 nitrogen and oxygen atoms in total. The van der Waals surface area contributed by atoms with Gasteiger partial charge in [0.15, 0.2) is 0 Å². The zero-order chi connectivity index (χ0) is 15.9. The molecule has 1 saturated heterocycles. The lowest BCUT2D eigenvalue weighted by Gasteiger charge is -2.37. The Labute approximate surface area is 137 Å². The largest absolute Gasteiger partial charge is 0.491 e. The van der Waals surface area contributed by atoms with Crippen molar-refractivity contribution >= 4 is 0 Å². The zero-order valence-corrected chi connectivity index (χ0v) is 13.8. The normalized spacial score (nSPS) is 25.4. The number of ether oxygens (including phenoxy) is 2. The van der Waals surface area contributed by atoms with Crippen molar-refractivity contribution in [1.29, 1.82) is 0 Å². The van der Waals surface area contributed by atoms with Crippen LogP contribution in [0.4, 0.5) is 0 Å². The molecule has 0 unspecified atom stereocenters. The van der Waals surface area contributed by atoms with Gasteiger partial charge in [0, 0.05) is 12.0 Å². The predicted molar refractivity (Wildman–Crippen MR) is 91.2 cm³/mol. The summed E-state index contributed by atoms with van der Waals surface area (Å²) in [6.45, 7) is 6.74. The molecule has 1 fully saturated rings. The van der Waals surface area contributed by atoms with Crippen LogP contribution in [0.3, 0.4) is 0 Å². The number of hydrogen-bond acceptors (Lipinski definition) is 3. The monoisotopic (exact) mass is 309 g/mol. The van der Waals surface area contributed by atoms with Crippen LogP contribution < -0.4 is 14.8 Å². The molecule has 2 heterocycles. The third-order valence-electron chi connectivity index (χ3n) is 5.11. The minimum Gasteiger partial charge on any atom is -0.491 e. The summed E-state index contributed by atoms with van der Waals surface area (Å²) in [4.78, 5) is 0. The van der Waals surface area contributed by atoms with E-state index in [1.54, 1.807) is 0 Å². The van der Waals surface area contributed by atoms with E-state index in [0.717, 1.165) is 24.7 Å². The summed E-state index contributed by atoms with van der Waals surface area (Å²) in [6.07, 6.45) is 1.18. The van der Waals surface area contributed by atoms with Gasteiger partial charge in [-0.1, -0.05) is 35.9 Å². The van der Waals surface area contributed by atoms with Crippen molar-refractivity contribution in [3.8, 4) is 11.5 Å². The lowest BCUT2D eigenvalue weighted by molar-refractivity contribution is 0.169. The van der Waals surface area contributed by atoms with E-state index in [2.05, 4.69) is 55.6 Å². The Morgan fingerprint density at radius 3 is 3.04 bits per heavy atom. The van der Waals surface area contributed by atoms with Gasteiger partial charge in [-0.2, -0.15) is 0 Å². The maximum absolute atomic E-state index is 6.01. The molecule has 2 aromatic carbocycles. The fourth-order valence-electron chi connectivity index (χ4n) is 3.81. The molecule has 0 aliphatic carbocycles.